The second-order valence-corrected chi connectivity index (χ2v) is 10.6. The lowest BCUT2D eigenvalue weighted by molar-refractivity contribution is 0.0525. The minimum atomic E-state index is -1.17. The number of imidazole rings is 1. The van der Waals surface area contributed by atoms with Crippen molar-refractivity contribution < 1.29 is 23.1 Å². The van der Waals surface area contributed by atoms with Crippen LogP contribution < -0.4 is 5.32 Å². The highest BCUT2D eigenvalue weighted by molar-refractivity contribution is 8.16. The fourth-order valence-electron chi connectivity index (χ4n) is 3.78. The summed E-state index contributed by atoms with van der Waals surface area (Å²) in [5.41, 5.74) is -0.0589. The Balaban J connectivity index is 2.03. The minimum Gasteiger partial charge on any atom is -0.444 e. The highest BCUT2D eigenvalue weighted by Gasteiger charge is 2.49. The number of allylic oxidation sites excluding steroid dienone is 3. The molecule has 0 saturated carbocycles. The smallest absolute Gasteiger partial charge is 0.407 e. The summed E-state index contributed by atoms with van der Waals surface area (Å²) in [6, 6.07) is 2.55. The Morgan fingerprint density at radius 1 is 1.29 bits per heavy atom. The molecule has 0 aliphatic carbocycles. The van der Waals surface area contributed by atoms with E-state index in [0.29, 0.717) is 18.4 Å². The van der Waals surface area contributed by atoms with Crippen LogP contribution in [0.15, 0.2) is 78.5 Å². The number of carbonyl (C=O) groups is 2. The number of ether oxygens (including phenoxy) is 1. The first-order valence-corrected chi connectivity index (χ1v) is 12.8. The van der Waals surface area contributed by atoms with E-state index in [9.17, 15) is 18.4 Å². The van der Waals surface area contributed by atoms with Gasteiger partial charge in [-0.3, -0.25) is 4.57 Å². The van der Waals surface area contributed by atoms with Gasteiger partial charge in [0, 0.05) is 24.5 Å². The van der Waals surface area contributed by atoms with Crippen LogP contribution in [0.1, 0.15) is 46.1 Å². The molecule has 38 heavy (non-hydrogen) atoms. The van der Waals surface area contributed by atoms with Crippen molar-refractivity contribution >= 4 is 28.9 Å². The Hall–Kier alpha value is -3.73. The fourth-order valence-corrected chi connectivity index (χ4v) is 5.20. The molecule has 0 spiro atoms. The lowest BCUT2D eigenvalue weighted by Gasteiger charge is -2.36. The number of rotatable bonds is 8. The lowest BCUT2D eigenvalue weighted by atomic mass is 9.99. The normalized spacial score (nSPS) is 18.0. The van der Waals surface area contributed by atoms with Gasteiger partial charge in [0.2, 0.25) is 0 Å². The Kier molecular flexibility index (Phi) is 9.26. The van der Waals surface area contributed by atoms with Gasteiger partial charge < -0.3 is 10.1 Å². The van der Waals surface area contributed by atoms with E-state index < -0.39 is 34.2 Å². The van der Waals surface area contributed by atoms with Gasteiger partial charge in [0.05, 0.1) is 0 Å². The Bertz CT molecular complexity index is 1270. The second kappa shape index (κ2) is 12.2. The van der Waals surface area contributed by atoms with E-state index in [0.717, 1.165) is 30.0 Å². The van der Waals surface area contributed by atoms with Crippen LogP contribution in [-0.4, -0.2) is 48.7 Å². The molecule has 0 bridgehead atoms. The van der Waals surface area contributed by atoms with Crippen LogP contribution in [0.5, 0.6) is 0 Å². The molecule has 8 nitrogen and oxygen atoms in total. The number of aromatic nitrogens is 2. The van der Waals surface area contributed by atoms with Crippen molar-refractivity contribution in [3.8, 4) is 0 Å². The lowest BCUT2D eigenvalue weighted by Crippen LogP contribution is -2.47. The highest BCUT2D eigenvalue weighted by atomic mass is 32.2. The summed E-state index contributed by atoms with van der Waals surface area (Å²) in [6.45, 7) is 11.2. The number of hydrazone groups is 1. The zero-order valence-corrected chi connectivity index (χ0v) is 22.6. The van der Waals surface area contributed by atoms with E-state index in [2.05, 4.69) is 22.0 Å². The van der Waals surface area contributed by atoms with E-state index >= 15 is 0 Å². The summed E-state index contributed by atoms with van der Waals surface area (Å²) in [6.07, 6.45) is 11.3. The molecule has 0 radical (unpaired) electrons. The average molecular weight is 544 g/mol. The molecule has 2 amide bonds. The molecule has 1 unspecified atom stereocenters. The number of hydrogen-bond acceptors (Lipinski definition) is 6. The van der Waals surface area contributed by atoms with Gasteiger partial charge in [-0.2, -0.15) is 10.1 Å². The standard InChI is InChI=1S/C27H31F2N5O3S/c1-6-9-19(10-7-2)27(13-8-14-31-24(35)37-26(3,4)5)34(25(36)33-16-15-30-18-33)32-23(38-27)21-17-20(28)11-12-22(21)29/h6-7,9-12,15-18H,1,8,13-14H2,2-5H3,(H,31,35)/b10-7-,19-9+. The van der Waals surface area contributed by atoms with E-state index in [1.54, 1.807) is 39.0 Å². The van der Waals surface area contributed by atoms with Crippen molar-refractivity contribution in [1.82, 2.24) is 19.9 Å². The molecule has 1 aliphatic heterocycles. The molecule has 1 aromatic carbocycles. The molecule has 11 heteroatoms. The molecular formula is C27H31F2N5O3S. The first kappa shape index (κ1) is 28.8. The van der Waals surface area contributed by atoms with Gasteiger partial charge in [-0.15, -0.1) is 0 Å². The van der Waals surface area contributed by atoms with Gasteiger partial charge in [-0.05, 0) is 64.3 Å². The predicted molar refractivity (Wildman–Crippen MR) is 145 cm³/mol. The maximum Gasteiger partial charge on any atom is 0.407 e. The first-order chi connectivity index (χ1) is 18.0. The zero-order chi connectivity index (χ0) is 27.9. The number of halogens is 2. The zero-order valence-electron chi connectivity index (χ0n) is 21.8. The largest absolute Gasteiger partial charge is 0.444 e. The third-order valence-corrected chi connectivity index (χ3v) is 6.76. The van der Waals surface area contributed by atoms with Crippen molar-refractivity contribution in [1.29, 1.82) is 0 Å². The van der Waals surface area contributed by atoms with Gasteiger partial charge in [0.15, 0.2) is 0 Å². The maximum absolute atomic E-state index is 14.8. The number of nitrogens with zero attached hydrogens (tertiary/aromatic N) is 4. The minimum absolute atomic E-state index is 0.0642. The molecule has 2 aromatic rings. The summed E-state index contributed by atoms with van der Waals surface area (Å²) >= 11 is 1.13. The van der Waals surface area contributed by atoms with E-state index in [4.69, 9.17) is 4.74 Å². The van der Waals surface area contributed by atoms with Gasteiger partial charge in [-0.1, -0.05) is 42.6 Å². The number of nitrogens with one attached hydrogen (secondary N) is 1. The van der Waals surface area contributed by atoms with E-state index in [1.165, 1.54) is 28.3 Å². The van der Waals surface area contributed by atoms with Crippen LogP contribution in [0.2, 0.25) is 0 Å². The SMILES string of the molecule is C=C/C=C(\C=C/C)C1(CCCNC(=O)OC(C)(C)C)SC(c2cc(F)ccc2F)=NN1C(=O)n1ccnc1. The molecule has 1 N–H and O–H groups in total. The molecular weight excluding hydrogens is 512 g/mol. The number of thioether (sulfide) groups is 1. The van der Waals surface area contributed by atoms with E-state index in [-0.39, 0.29) is 17.2 Å². The third-order valence-electron chi connectivity index (χ3n) is 5.32. The molecule has 0 saturated heterocycles. The topological polar surface area (TPSA) is 88.8 Å². The van der Waals surface area contributed by atoms with Crippen LogP contribution >= 0.6 is 11.8 Å². The van der Waals surface area contributed by atoms with Crippen molar-refractivity contribution in [3.63, 3.8) is 0 Å². The molecule has 202 valence electrons. The summed E-state index contributed by atoms with van der Waals surface area (Å²) < 4.78 is 35.5. The van der Waals surface area contributed by atoms with Crippen molar-refractivity contribution in [3.05, 3.63) is 90.6 Å². The molecule has 0 fully saturated rings. The first-order valence-electron chi connectivity index (χ1n) is 12.0. The van der Waals surface area contributed by atoms with Crippen molar-refractivity contribution in [2.45, 2.75) is 51.0 Å². The quantitative estimate of drug-likeness (QED) is 0.315. The van der Waals surface area contributed by atoms with Crippen LogP contribution in [-0.2, 0) is 4.74 Å². The molecule has 1 atom stereocenters. The van der Waals surface area contributed by atoms with Crippen LogP contribution in [0.25, 0.3) is 0 Å². The Morgan fingerprint density at radius 2 is 2.05 bits per heavy atom. The number of amides is 2. The number of alkyl carbamates (subject to hydrolysis) is 1. The Labute approximate surface area is 225 Å². The number of hydrogen-bond donors (Lipinski definition) is 1. The predicted octanol–water partition coefficient (Wildman–Crippen LogP) is 6.23. The van der Waals surface area contributed by atoms with Crippen LogP contribution in [0.3, 0.4) is 0 Å². The monoisotopic (exact) mass is 543 g/mol. The molecule has 1 aromatic heterocycles. The molecule has 1 aliphatic rings. The van der Waals surface area contributed by atoms with Gasteiger partial charge in [0.25, 0.3) is 0 Å². The summed E-state index contributed by atoms with van der Waals surface area (Å²) in [5.74, 6) is -1.30. The second-order valence-electron chi connectivity index (χ2n) is 9.37. The van der Waals surface area contributed by atoms with Crippen molar-refractivity contribution in [2.24, 2.45) is 5.10 Å². The maximum atomic E-state index is 14.8. The number of benzene rings is 1. The fraction of sp³-hybridized carbons (Fsp3) is 0.333. The Morgan fingerprint density at radius 3 is 2.68 bits per heavy atom. The van der Waals surface area contributed by atoms with Gasteiger partial charge in [-0.25, -0.2) is 23.4 Å². The van der Waals surface area contributed by atoms with Crippen LogP contribution in [0, 0.1) is 11.6 Å². The third kappa shape index (κ3) is 6.77. The average Bonchev–Trinajstić information content (AvgIpc) is 3.51. The summed E-state index contributed by atoms with van der Waals surface area (Å²) in [4.78, 5) is 28.6. The molecule has 2 heterocycles. The van der Waals surface area contributed by atoms with Gasteiger partial charge in [0.1, 0.15) is 33.5 Å². The summed E-state index contributed by atoms with van der Waals surface area (Å²) in [7, 11) is 0. The summed E-state index contributed by atoms with van der Waals surface area (Å²) in [5, 5.41) is 8.61. The number of carbonyl (C=O) groups excluding carboxylic acids is 2. The van der Waals surface area contributed by atoms with Crippen LogP contribution in [0.4, 0.5) is 18.4 Å². The molecule has 3 rings (SSSR count). The van der Waals surface area contributed by atoms with Crippen molar-refractivity contribution in [2.75, 3.05) is 6.54 Å². The van der Waals surface area contributed by atoms with Gasteiger partial charge >= 0.3 is 12.1 Å². The van der Waals surface area contributed by atoms with E-state index in [1.807, 2.05) is 13.0 Å². The highest BCUT2D eigenvalue weighted by Crippen LogP contribution is 2.49.